The number of benzene rings is 1. The molecule has 3 rings (SSSR count). The number of halogens is 1. The maximum atomic E-state index is 6.23. The molecule has 21 heavy (non-hydrogen) atoms. The smallest absolute Gasteiger partial charge is 0.0889 e. The van der Waals surface area contributed by atoms with Crippen molar-refractivity contribution in [1.82, 2.24) is 4.98 Å². The first kappa shape index (κ1) is 14.4. The topological polar surface area (TPSA) is 38.9 Å². The predicted molar refractivity (Wildman–Crippen MR) is 89.5 cm³/mol. The molecule has 2 nitrogen and oxygen atoms in total. The van der Waals surface area contributed by atoms with E-state index in [9.17, 15) is 0 Å². The Morgan fingerprint density at radius 2 is 1.76 bits per heavy atom. The second kappa shape index (κ2) is 6.07. The molecular weight excluding hydrogens is 280 g/mol. The van der Waals surface area contributed by atoms with Crippen molar-refractivity contribution in [3.05, 3.63) is 47.1 Å². The van der Waals surface area contributed by atoms with Gasteiger partial charge in [-0.1, -0.05) is 55.6 Å². The van der Waals surface area contributed by atoms with Crippen LogP contribution in [0, 0.1) is 5.92 Å². The van der Waals surface area contributed by atoms with Crippen LogP contribution in [0.2, 0.25) is 5.02 Å². The number of hydrogen-bond donors (Lipinski definition) is 1. The fraction of sp³-hybridized carbons (Fsp3) is 0.389. The minimum absolute atomic E-state index is 0.594. The molecule has 0 aliphatic heterocycles. The minimum Gasteiger partial charge on any atom is -0.397 e. The average molecular weight is 301 g/mol. The van der Waals surface area contributed by atoms with Gasteiger partial charge in [0.15, 0.2) is 0 Å². The molecule has 1 fully saturated rings. The average Bonchev–Trinajstić information content (AvgIpc) is 2.48. The molecule has 0 bridgehead atoms. The quantitative estimate of drug-likeness (QED) is 0.819. The van der Waals surface area contributed by atoms with Crippen LogP contribution in [0.5, 0.6) is 0 Å². The Morgan fingerprint density at radius 1 is 1.10 bits per heavy atom. The molecule has 1 saturated carbocycles. The second-order valence-corrected chi connectivity index (χ2v) is 6.59. The van der Waals surface area contributed by atoms with Crippen LogP contribution >= 0.6 is 11.6 Å². The van der Waals surface area contributed by atoms with E-state index in [0.29, 0.717) is 16.6 Å². The molecule has 0 unspecified atom stereocenters. The van der Waals surface area contributed by atoms with Gasteiger partial charge in [-0.3, -0.25) is 4.98 Å². The van der Waals surface area contributed by atoms with E-state index in [1.54, 1.807) is 12.3 Å². The molecule has 110 valence electrons. The molecule has 3 heteroatoms. The molecule has 2 N–H and O–H groups in total. The molecule has 0 saturated heterocycles. The van der Waals surface area contributed by atoms with Crippen molar-refractivity contribution < 1.29 is 0 Å². The Kier molecular flexibility index (Phi) is 4.16. The van der Waals surface area contributed by atoms with Crippen LogP contribution in [0.15, 0.2) is 36.5 Å². The summed E-state index contributed by atoms with van der Waals surface area (Å²) >= 11 is 6.23. The molecular formula is C18H21ClN2. The number of nitrogens with two attached hydrogens (primary N) is 1. The third kappa shape index (κ3) is 3.21. The second-order valence-electron chi connectivity index (χ2n) is 6.18. The van der Waals surface area contributed by atoms with Crippen LogP contribution in [0.25, 0.3) is 11.3 Å². The van der Waals surface area contributed by atoms with Gasteiger partial charge in [-0.15, -0.1) is 0 Å². The zero-order valence-corrected chi connectivity index (χ0v) is 13.1. The van der Waals surface area contributed by atoms with Gasteiger partial charge >= 0.3 is 0 Å². The van der Waals surface area contributed by atoms with E-state index in [1.165, 1.54) is 31.2 Å². The summed E-state index contributed by atoms with van der Waals surface area (Å²) in [7, 11) is 0. The summed E-state index contributed by atoms with van der Waals surface area (Å²) in [5, 5.41) is 0.606. The van der Waals surface area contributed by atoms with Gasteiger partial charge in [-0.05, 0) is 36.3 Å². The van der Waals surface area contributed by atoms with Crippen molar-refractivity contribution >= 4 is 17.3 Å². The Balaban J connectivity index is 1.80. The first-order valence-electron chi connectivity index (χ1n) is 7.65. The molecule has 0 amide bonds. The van der Waals surface area contributed by atoms with E-state index < -0.39 is 0 Å². The first-order chi connectivity index (χ1) is 10.1. The number of nitrogen functional groups attached to an aromatic ring is 1. The number of anilines is 1. The molecule has 1 heterocycles. The molecule has 0 atom stereocenters. The number of hydrogen-bond acceptors (Lipinski definition) is 2. The largest absolute Gasteiger partial charge is 0.397 e. The summed E-state index contributed by atoms with van der Waals surface area (Å²) in [6.07, 6.45) is 6.95. The van der Waals surface area contributed by atoms with Gasteiger partial charge in [0.1, 0.15) is 0 Å². The van der Waals surface area contributed by atoms with Gasteiger partial charge in [0, 0.05) is 5.56 Å². The van der Waals surface area contributed by atoms with Crippen molar-refractivity contribution in [2.45, 2.75) is 38.5 Å². The highest BCUT2D eigenvalue weighted by molar-refractivity contribution is 6.33. The van der Waals surface area contributed by atoms with Gasteiger partial charge in [0.25, 0.3) is 0 Å². The van der Waals surface area contributed by atoms with Gasteiger partial charge in [0.2, 0.25) is 0 Å². The minimum atomic E-state index is 0.594. The molecule has 2 aromatic rings. The van der Waals surface area contributed by atoms with Gasteiger partial charge in [0.05, 0.1) is 22.6 Å². The predicted octanol–water partition coefficient (Wildman–Crippen LogP) is 5.28. The fourth-order valence-electron chi connectivity index (χ4n) is 3.17. The van der Waals surface area contributed by atoms with Crippen LogP contribution < -0.4 is 5.73 Å². The number of aromatic nitrogens is 1. The zero-order valence-electron chi connectivity index (χ0n) is 12.3. The third-order valence-electron chi connectivity index (χ3n) is 4.53. The lowest BCUT2D eigenvalue weighted by Gasteiger charge is -2.26. The molecule has 0 radical (unpaired) electrons. The molecule has 1 aromatic heterocycles. The Morgan fingerprint density at radius 3 is 2.38 bits per heavy atom. The van der Waals surface area contributed by atoms with E-state index >= 15 is 0 Å². The van der Waals surface area contributed by atoms with Crippen molar-refractivity contribution in [3.63, 3.8) is 0 Å². The standard InChI is InChI=1S/C18H21ClN2/c1-12-2-4-13(5-3-12)14-6-8-15(9-7-14)18-17(19)10-16(20)11-21-18/h6-13H,2-5,20H2,1H3. The summed E-state index contributed by atoms with van der Waals surface area (Å²) in [5.41, 5.74) is 9.58. The highest BCUT2D eigenvalue weighted by Gasteiger charge is 2.19. The zero-order chi connectivity index (χ0) is 14.8. The summed E-state index contributed by atoms with van der Waals surface area (Å²) in [6.45, 7) is 2.36. The van der Waals surface area contributed by atoms with Crippen molar-refractivity contribution in [2.24, 2.45) is 5.92 Å². The van der Waals surface area contributed by atoms with E-state index in [0.717, 1.165) is 17.2 Å². The molecule has 1 aromatic carbocycles. The lowest BCUT2D eigenvalue weighted by molar-refractivity contribution is 0.348. The SMILES string of the molecule is CC1CCC(c2ccc(-c3ncc(N)cc3Cl)cc2)CC1. The maximum absolute atomic E-state index is 6.23. The van der Waals surface area contributed by atoms with Crippen molar-refractivity contribution in [2.75, 3.05) is 5.73 Å². The number of pyridine rings is 1. The fourth-order valence-corrected chi connectivity index (χ4v) is 3.46. The van der Waals surface area contributed by atoms with E-state index in [1.807, 2.05) is 0 Å². The monoisotopic (exact) mass is 300 g/mol. The van der Waals surface area contributed by atoms with Gasteiger partial charge in [-0.25, -0.2) is 0 Å². The first-order valence-corrected chi connectivity index (χ1v) is 8.02. The van der Waals surface area contributed by atoms with E-state index in [2.05, 4.69) is 36.2 Å². The van der Waals surface area contributed by atoms with Gasteiger partial charge < -0.3 is 5.73 Å². The summed E-state index contributed by atoms with van der Waals surface area (Å²) in [4.78, 5) is 4.34. The van der Waals surface area contributed by atoms with E-state index in [4.69, 9.17) is 17.3 Å². The third-order valence-corrected chi connectivity index (χ3v) is 4.82. The Hall–Kier alpha value is -1.54. The summed E-state index contributed by atoms with van der Waals surface area (Å²) in [5.74, 6) is 1.60. The molecule has 0 spiro atoms. The molecule has 1 aliphatic rings. The van der Waals surface area contributed by atoms with E-state index in [-0.39, 0.29) is 0 Å². The number of nitrogens with zero attached hydrogens (tertiary/aromatic N) is 1. The van der Waals surface area contributed by atoms with Crippen molar-refractivity contribution in [3.8, 4) is 11.3 Å². The van der Waals surface area contributed by atoms with Crippen LogP contribution in [-0.2, 0) is 0 Å². The summed E-state index contributed by atoms with van der Waals surface area (Å²) in [6, 6.07) is 10.4. The van der Waals surface area contributed by atoms with Gasteiger partial charge in [-0.2, -0.15) is 0 Å². The summed E-state index contributed by atoms with van der Waals surface area (Å²) < 4.78 is 0. The lowest BCUT2D eigenvalue weighted by Crippen LogP contribution is -2.10. The molecule has 1 aliphatic carbocycles. The van der Waals surface area contributed by atoms with Crippen LogP contribution in [0.3, 0.4) is 0 Å². The normalized spacial score (nSPS) is 22.2. The highest BCUT2D eigenvalue weighted by atomic mass is 35.5. The van der Waals surface area contributed by atoms with Crippen molar-refractivity contribution in [1.29, 1.82) is 0 Å². The van der Waals surface area contributed by atoms with Crippen LogP contribution in [0.1, 0.15) is 44.1 Å². The Labute approximate surface area is 131 Å². The lowest BCUT2D eigenvalue weighted by atomic mass is 9.79. The highest BCUT2D eigenvalue weighted by Crippen LogP contribution is 2.36. The van der Waals surface area contributed by atoms with Crippen LogP contribution in [0.4, 0.5) is 5.69 Å². The maximum Gasteiger partial charge on any atom is 0.0889 e. The number of rotatable bonds is 2. The Bertz CT molecular complexity index is 614. The van der Waals surface area contributed by atoms with Crippen LogP contribution in [-0.4, -0.2) is 4.98 Å².